The molecule has 0 spiro atoms. The molecule has 96 valence electrons. The fraction of sp³-hybridized carbons (Fsp3) is 0.200. The molecule has 4 nitrogen and oxygen atoms in total. The number of nitrogens with zero attached hydrogens (tertiary/aromatic N) is 2. The van der Waals surface area contributed by atoms with E-state index in [2.05, 4.69) is 47.0 Å². The average molecular weight is 252 g/mol. The summed E-state index contributed by atoms with van der Waals surface area (Å²) in [6, 6.07) is 8.41. The molecule has 0 radical (unpaired) electrons. The van der Waals surface area contributed by atoms with Gasteiger partial charge in [0.15, 0.2) is 0 Å². The van der Waals surface area contributed by atoms with Crippen molar-refractivity contribution in [1.29, 1.82) is 0 Å². The SMILES string of the molecule is CCc1cc(C)ccc1-c1nc(N)nc2[nH]ccc12. The van der Waals surface area contributed by atoms with E-state index in [0.29, 0.717) is 5.95 Å². The van der Waals surface area contributed by atoms with Gasteiger partial charge in [0.1, 0.15) is 5.65 Å². The van der Waals surface area contributed by atoms with Gasteiger partial charge in [-0.2, -0.15) is 4.98 Å². The van der Waals surface area contributed by atoms with E-state index >= 15 is 0 Å². The predicted molar refractivity (Wildman–Crippen MR) is 77.9 cm³/mol. The molecule has 2 aromatic heterocycles. The lowest BCUT2D eigenvalue weighted by atomic mass is 9.98. The molecule has 1 aromatic carbocycles. The van der Waals surface area contributed by atoms with E-state index in [1.165, 1.54) is 11.1 Å². The normalized spacial score (nSPS) is 11.1. The second kappa shape index (κ2) is 4.39. The van der Waals surface area contributed by atoms with E-state index in [4.69, 9.17) is 5.73 Å². The number of aryl methyl sites for hydroxylation is 2. The van der Waals surface area contributed by atoms with Crippen LogP contribution in [0.4, 0.5) is 5.95 Å². The topological polar surface area (TPSA) is 67.6 Å². The fourth-order valence-electron chi connectivity index (χ4n) is 2.41. The van der Waals surface area contributed by atoms with Crippen LogP contribution in [0, 0.1) is 6.92 Å². The molecule has 3 N–H and O–H groups in total. The van der Waals surface area contributed by atoms with E-state index < -0.39 is 0 Å². The number of nitrogens with one attached hydrogen (secondary N) is 1. The molecule has 0 amide bonds. The highest BCUT2D eigenvalue weighted by Crippen LogP contribution is 2.29. The summed E-state index contributed by atoms with van der Waals surface area (Å²) >= 11 is 0. The molecular formula is C15H16N4. The minimum absolute atomic E-state index is 0.299. The molecule has 0 aliphatic heterocycles. The lowest BCUT2D eigenvalue weighted by Gasteiger charge is -2.10. The maximum absolute atomic E-state index is 5.80. The lowest BCUT2D eigenvalue weighted by Crippen LogP contribution is -1.99. The Morgan fingerprint density at radius 3 is 2.84 bits per heavy atom. The Kier molecular flexibility index (Phi) is 2.71. The Morgan fingerprint density at radius 1 is 1.21 bits per heavy atom. The largest absolute Gasteiger partial charge is 0.368 e. The summed E-state index contributed by atoms with van der Waals surface area (Å²) in [5, 5.41) is 1.01. The highest BCUT2D eigenvalue weighted by molar-refractivity contribution is 5.92. The summed E-state index contributed by atoms with van der Waals surface area (Å²) in [6.45, 7) is 4.25. The van der Waals surface area contributed by atoms with Crippen LogP contribution in [-0.4, -0.2) is 15.0 Å². The van der Waals surface area contributed by atoms with Crippen molar-refractivity contribution in [3.05, 3.63) is 41.6 Å². The highest BCUT2D eigenvalue weighted by atomic mass is 15.0. The molecule has 0 aliphatic rings. The van der Waals surface area contributed by atoms with Gasteiger partial charge in [-0.15, -0.1) is 0 Å². The van der Waals surface area contributed by atoms with Gasteiger partial charge in [-0.05, 0) is 25.0 Å². The summed E-state index contributed by atoms with van der Waals surface area (Å²) in [6.07, 6.45) is 2.83. The van der Waals surface area contributed by atoms with E-state index in [1.807, 2.05) is 12.3 Å². The number of benzene rings is 1. The second-order valence-electron chi connectivity index (χ2n) is 4.68. The fourth-order valence-corrected chi connectivity index (χ4v) is 2.41. The number of aromatic amines is 1. The minimum atomic E-state index is 0.299. The van der Waals surface area contributed by atoms with Crippen LogP contribution < -0.4 is 5.73 Å². The van der Waals surface area contributed by atoms with Crippen LogP contribution in [0.3, 0.4) is 0 Å². The van der Waals surface area contributed by atoms with Crippen LogP contribution in [0.15, 0.2) is 30.5 Å². The first kappa shape index (κ1) is 11.7. The van der Waals surface area contributed by atoms with Crippen LogP contribution in [0.5, 0.6) is 0 Å². The average Bonchev–Trinajstić information content (AvgIpc) is 2.85. The lowest BCUT2D eigenvalue weighted by molar-refractivity contribution is 1.12. The Bertz CT molecular complexity index is 743. The molecule has 2 heterocycles. The van der Waals surface area contributed by atoms with Crippen molar-refractivity contribution in [3.8, 4) is 11.3 Å². The third-order valence-corrected chi connectivity index (χ3v) is 3.33. The Balaban J connectivity index is 2.32. The highest BCUT2D eigenvalue weighted by Gasteiger charge is 2.12. The number of nitrogens with two attached hydrogens (primary N) is 1. The van der Waals surface area contributed by atoms with Gasteiger partial charge in [-0.25, -0.2) is 4.98 Å². The molecule has 3 aromatic rings. The number of rotatable bonds is 2. The number of aromatic nitrogens is 3. The Hall–Kier alpha value is -2.36. The number of H-pyrrole nitrogens is 1. The van der Waals surface area contributed by atoms with E-state index in [1.54, 1.807) is 0 Å². The molecule has 4 heteroatoms. The Morgan fingerprint density at radius 2 is 2.05 bits per heavy atom. The molecule has 0 saturated heterocycles. The maximum Gasteiger partial charge on any atom is 0.222 e. The summed E-state index contributed by atoms with van der Waals surface area (Å²) < 4.78 is 0. The molecule has 0 bridgehead atoms. The Labute approximate surface area is 111 Å². The smallest absolute Gasteiger partial charge is 0.222 e. The number of fused-ring (bicyclic) bond motifs is 1. The van der Waals surface area contributed by atoms with Crippen LogP contribution in [0.2, 0.25) is 0 Å². The summed E-state index contributed by atoms with van der Waals surface area (Å²) in [7, 11) is 0. The molecule has 0 saturated carbocycles. The van der Waals surface area contributed by atoms with Gasteiger partial charge in [0.2, 0.25) is 5.95 Å². The van der Waals surface area contributed by atoms with Crippen molar-refractivity contribution in [3.63, 3.8) is 0 Å². The monoisotopic (exact) mass is 252 g/mol. The van der Waals surface area contributed by atoms with Gasteiger partial charge in [0, 0.05) is 17.1 Å². The zero-order valence-corrected chi connectivity index (χ0v) is 11.1. The zero-order valence-electron chi connectivity index (χ0n) is 11.1. The van der Waals surface area contributed by atoms with Crippen LogP contribution in [-0.2, 0) is 6.42 Å². The van der Waals surface area contributed by atoms with Gasteiger partial charge < -0.3 is 10.7 Å². The molecule has 0 unspecified atom stereocenters. The van der Waals surface area contributed by atoms with Gasteiger partial charge >= 0.3 is 0 Å². The van der Waals surface area contributed by atoms with E-state index in [9.17, 15) is 0 Å². The molecule has 0 atom stereocenters. The number of nitrogen functional groups attached to an aromatic ring is 1. The van der Waals surface area contributed by atoms with Crippen LogP contribution in [0.25, 0.3) is 22.3 Å². The molecule has 0 fully saturated rings. The van der Waals surface area contributed by atoms with E-state index in [-0.39, 0.29) is 0 Å². The van der Waals surface area contributed by atoms with Crippen molar-refractivity contribution >= 4 is 17.0 Å². The van der Waals surface area contributed by atoms with Crippen LogP contribution >= 0.6 is 0 Å². The first-order chi connectivity index (χ1) is 9.19. The molecular weight excluding hydrogens is 236 g/mol. The van der Waals surface area contributed by atoms with Crippen molar-refractivity contribution < 1.29 is 0 Å². The minimum Gasteiger partial charge on any atom is -0.368 e. The number of hydrogen-bond acceptors (Lipinski definition) is 3. The molecule has 0 aliphatic carbocycles. The third-order valence-electron chi connectivity index (χ3n) is 3.33. The first-order valence-electron chi connectivity index (χ1n) is 6.39. The van der Waals surface area contributed by atoms with Crippen molar-refractivity contribution in [2.75, 3.05) is 5.73 Å². The third kappa shape index (κ3) is 1.95. The maximum atomic E-state index is 5.80. The van der Waals surface area contributed by atoms with Gasteiger partial charge in [0.05, 0.1) is 5.69 Å². The van der Waals surface area contributed by atoms with Crippen molar-refractivity contribution in [2.45, 2.75) is 20.3 Å². The standard InChI is InChI=1S/C15H16N4/c1-3-10-8-9(2)4-5-11(10)13-12-6-7-17-14(12)19-15(16)18-13/h4-8H,3H2,1-2H3,(H3,16,17,18,19). The first-order valence-corrected chi connectivity index (χ1v) is 6.39. The number of anilines is 1. The molecule has 3 rings (SSSR count). The summed E-state index contributed by atoms with van der Waals surface area (Å²) in [5.41, 5.74) is 11.2. The summed E-state index contributed by atoms with van der Waals surface area (Å²) in [5.74, 6) is 0.299. The molecule has 19 heavy (non-hydrogen) atoms. The van der Waals surface area contributed by atoms with Crippen LogP contribution in [0.1, 0.15) is 18.1 Å². The quantitative estimate of drug-likeness (QED) is 0.736. The predicted octanol–water partition coefficient (Wildman–Crippen LogP) is 3.08. The number of hydrogen-bond donors (Lipinski definition) is 2. The summed E-state index contributed by atoms with van der Waals surface area (Å²) in [4.78, 5) is 11.7. The van der Waals surface area contributed by atoms with Gasteiger partial charge in [-0.1, -0.05) is 30.7 Å². The zero-order chi connectivity index (χ0) is 13.4. The second-order valence-corrected chi connectivity index (χ2v) is 4.68. The van der Waals surface area contributed by atoms with Gasteiger partial charge in [-0.3, -0.25) is 0 Å². The van der Waals surface area contributed by atoms with Crippen molar-refractivity contribution in [1.82, 2.24) is 15.0 Å². The van der Waals surface area contributed by atoms with Gasteiger partial charge in [0.25, 0.3) is 0 Å². The van der Waals surface area contributed by atoms with Crippen molar-refractivity contribution in [2.24, 2.45) is 0 Å². The van der Waals surface area contributed by atoms with E-state index in [0.717, 1.165) is 28.7 Å².